The molecule has 0 aromatic heterocycles. The minimum Gasteiger partial charge on any atom is -0.480 e. The number of amides is 2. The van der Waals surface area contributed by atoms with E-state index in [9.17, 15) is 14.4 Å². The molecule has 0 heterocycles. The standard InChI is InChI=1S/C14H18N2O4S/c1-8-5-10(13(15)18)3-4-11(8)6-21-7-12(14(19)20)16-9(2)17/h3-5,12H,6-7H2,1-2H3,(H2,15,18)(H,16,17)(H,19,20)/t12-/m0/s1. The van der Waals surface area contributed by atoms with Crippen LogP contribution >= 0.6 is 11.8 Å². The number of nitrogens with one attached hydrogen (secondary N) is 1. The summed E-state index contributed by atoms with van der Waals surface area (Å²) in [5, 5.41) is 11.4. The van der Waals surface area contributed by atoms with Crippen molar-refractivity contribution in [3.63, 3.8) is 0 Å². The molecule has 0 spiro atoms. The van der Waals surface area contributed by atoms with Gasteiger partial charge in [-0.05, 0) is 30.2 Å². The molecule has 6 nitrogen and oxygen atoms in total. The molecule has 0 aliphatic carbocycles. The van der Waals surface area contributed by atoms with E-state index in [2.05, 4.69) is 5.32 Å². The fraction of sp³-hybridized carbons (Fsp3) is 0.357. The Bertz CT molecular complexity index is 560. The van der Waals surface area contributed by atoms with Crippen LogP contribution in [0.1, 0.15) is 28.4 Å². The van der Waals surface area contributed by atoms with Crippen LogP contribution in [0.4, 0.5) is 0 Å². The van der Waals surface area contributed by atoms with Crippen LogP contribution in [0.2, 0.25) is 0 Å². The maximum Gasteiger partial charge on any atom is 0.327 e. The third-order valence-corrected chi connectivity index (χ3v) is 3.93. The quantitative estimate of drug-likeness (QED) is 0.693. The van der Waals surface area contributed by atoms with Crippen LogP contribution in [-0.4, -0.2) is 34.7 Å². The van der Waals surface area contributed by atoms with Gasteiger partial charge in [0.25, 0.3) is 0 Å². The van der Waals surface area contributed by atoms with Gasteiger partial charge in [-0.15, -0.1) is 0 Å². The van der Waals surface area contributed by atoms with Gasteiger partial charge in [0.2, 0.25) is 11.8 Å². The Labute approximate surface area is 127 Å². The predicted molar refractivity (Wildman–Crippen MR) is 81.1 cm³/mol. The number of benzene rings is 1. The van der Waals surface area contributed by atoms with E-state index in [0.717, 1.165) is 11.1 Å². The molecule has 0 radical (unpaired) electrons. The third kappa shape index (κ3) is 5.47. The first-order valence-corrected chi connectivity index (χ1v) is 7.43. The number of rotatable bonds is 7. The van der Waals surface area contributed by atoms with Crippen molar-refractivity contribution in [2.24, 2.45) is 5.73 Å². The van der Waals surface area contributed by atoms with Crippen molar-refractivity contribution in [2.45, 2.75) is 25.6 Å². The summed E-state index contributed by atoms with van der Waals surface area (Å²) in [5.41, 5.74) is 7.57. The zero-order valence-corrected chi connectivity index (χ0v) is 12.7. The van der Waals surface area contributed by atoms with Gasteiger partial charge in [0, 0.05) is 24.0 Å². The zero-order valence-electron chi connectivity index (χ0n) is 11.9. The number of hydrogen-bond acceptors (Lipinski definition) is 4. The molecule has 114 valence electrons. The first-order valence-electron chi connectivity index (χ1n) is 6.28. The largest absolute Gasteiger partial charge is 0.480 e. The molecule has 21 heavy (non-hydrogen) atoms. The normalized spacial score (nSPS) is 11.7. The van der Waals surface area contributed by atoms with Crippen molar-refractivity contribution < 1.29 is 19.5 Å². The highest BCUT2D eigenvalue weighted by Gasteiger charge is 2.18. The topological polar surface area (TPSA) is 109 Å². The van der Waals surface area contributed by atoms with Gasteiger partial charge in [-0.3, -0.25) is 9.59 Å². The van der Waals surface area contributed by atoms with Gasteiger partial charge < -0.3 is 16.2 Å². The highest BCUT2D eigenvalue weighted by Crippen LogP contribution is 2.18. The van der Waals surface area contributed by atoms with E-state index in [-0.39, 0.29) is 11.7 Å². The van der Waals surface area contributed by atoms with Gasteiger partial charge >= 0.3 is 5.97 Å². The number of carbonyl (C=O) groups is 3. The fourth-order valence-electron chi connectivity index (χ4n) is 1.72. The molecule has 1 atom stereocenters. The first-order chi connectivity index (χ1) is 9.81. The summed E-state index contributed by atoms with van der Waals surface area (Å²) in [6.07, 6.45) is 0. The molecule has 0 fully saturated rings. The first kappa shape index (κ1) is 17.0. The molecule has 0 bridgehead atoms. The Balaban J connectivity index is 2.60. The molecule has 1 rings (SSSR count). The number of nitrogens with two attached hydrogens (primary N) is 1. The van der Waals surface area contributed by atoms with Crippen molar-refractivity contribution in [1.82, 2.24) is 5.32 Å². The number of carboxylic acid groups (broad SMARTS) is 1. The maximum absolute atomic E-state index is 11.1. The number of hydrogen-bond donors (Lipinski definition) is 3. The number of thioether (sulfide) groups is 1. The lowest BCUT2D eigenvalue weighted by atomic mass is 10.1. The van der Waals surface area contributed by atoms with Gasteiger partial charge in [0.05, 0.1) is 0 Å². The molecule has 1 aromatic rings. The summed E-state index contributed by atoms with van der Waals surface area (Å²) in [5.74, 6) is -1.04. The number of aryl methyl sites for hydroxylation is 1. The minimum atomic E-state index is -1.06. The molecule has 0 saturated carbocycles. The highest BCUT2D eigenvalue weighted by atomic mass is 32.2. The van der Waals surface area contributed by atoms with Crippen LogP contribution in [0.5, 0.6) is 0 Å². The van der Waals surface area contributed by atoms with Crippen molar-refractivity contribution >= 4 is 29.5 Å². The number of aliphatic carboxylic acids is 1. The van der Waals surface area contributed by atoms with Gasteiger partial charge in [-0.25, -0.2) is 4.79 Å². The monoisotopic (exact) mass is 310 g/mol. The van der Waals surface area contributed by atoms with E-state index < -0.39 is 17.9 Å². The molecule has 7 heteroatoms. The molecule has 2 amide bonds. The van der Waals surface area contributed by atoms with Crippen molar-refractivity contribution in [1.29, 1.82) is 0 Å². The maximum atomic E-state index is 11.1. The second-order valence-electron chi connectivity index (χ2n) is 4.61. The van der Waals surface area contributed by atoms with Crippen molar-refractivity contribution in [3.05, 3.63) is 34.9 Å². The summed E-state index contributed by atoms with van der Waals surface area (Å²) in [6.45, 7) is 3.15. The van der Waals surface area contributed by atoms with Crippen molar-refractivity contribution in [2.75, 3.05) is 5.75 Å². The molecular weight excluding hydrogens is 292 g/mol. The van der Waals surface area contributed by atoms with E-state index >= 15 is 0 Å². The van der Waals surface area contributed by atoms with Gasteiger partial charge in [0.15, 0.2) is 0 Å². The molecule has 0 aliphatic rings. The lowest BCUT2D eigenvalue weighted by molar-refractivity contribution is -0.140. The second-order valence-corrected chi connectivity index (χ2v) is 5.64. The number of carbonyl (C=O) groups excluding carboxylic acids is 2. The van der Waals surface area contributed by atoms with Crippen LogP contribution in [0.25, 0.3) is 0 Å². The van der Waals surface area contributed by atoms with Gasteiger partial charge in [0.1, 0.15) is 6.04 Å². The highest BCUT2D eigenvalue weighted by molar-refractivity contribution is 7.98. The summed E-state index contributed by atoms with van der Waals surface area (Å²) >= 11 is 1.40. The Morgan fingerprint density at radius 1 is 1.38 bits per heavy atom. The summed E-state index contributed by atoms with van der Waals surface area (Å²) in [7, 11) is 0. The van der Waals surface area contributed by atoms with Crippen LogP contribution in [0.3, 0.4) is 0 Å². The minimum absolute atomic E-state index is 0.270. The summed E-state index contributed by atoms with van der Waals surface area (Å²) < 4.78 is 0. The smallest absolute Gasteiger partial charge is 0.327 e. The number of primary amides is 1. The molecule has 1 aromatic carbocycles. The molecule has 4 N–H and O–H groups in total. The summed E-state index contributed by atoms with van der Waals surface area (Å²) in [4.78, 5) is 33.0. The van der Waals surface area contributed by atoms with Crippen LogP contribution in [0.15, 0.2) is 18.2 Å². The SMILES string of the molecule is CC(=O)N[C@@H](CSCc1ccc(C(N)=O)cc1C)C(=O)O. The van der Waals surface area contributed by atoms with E-state index in [4.69, 9.17) is 10.8 Å². The summed E-state index contributed by atoms with van der Waals surface area (Å²) in [6, 6.07) is 4.25. The second kappa shape index (κ2) is 7.68. The Morgan fingerprint density at radius 2 is 2.05 bits per heavy atom. The lowest BCUT2D eigenvalue weighted by Crippen LogP contribution is -2.41. The van der Waals surface area contributed by atoms with Crippen LogP contribution in [0, 0.1) is 6.92 Å². The van der Waals surface area contributed by atoms with E-state index in [0.29, 0.717) is 11.3 Å². The average molecular weight is 310 g/mol. The van der Waals surface area contributed by atoms with E-state index in [1.54, 1.807) is 18.2 Å². The Morgan fingerprint density at radius 3 is 2.52 bits per heavy atom. The Hall–Kier alpha value is -2.02. The lowest BCUT2D eigenvalue weighted by Gasteiger charge is -2.13. The fourth-order valence-corrected chi connectivity index (χ4v) is 2.84. The van der Waals surface area contributed by atoms with Crippen molar-refractivity contribution in [3.8, 4) is 0 Å². The average Bonchev–Trinajstić information content (AvgIpc) is 2.38. The third-order valence-electron chi connectivity index (χ3n) is 2.84. The molecular formula is C14H18N2O4S. The van der Waals surface area contributed by atoms with E-state index in [1.165, 1.54) is 18.7 Å². The molecule has 0 unspecified atom stereocenters. The van der Waals surface area contributed by atoms with Crippen LogP contribution < -0.4 is 11.1 Å². The van der Waals surface area contributed by atoms with Gasteiger partial charge in [-0.2, -0.15) is 11.8 Å². The molecule has 0 aliphatic heterocycles. The zero-order chi connectivity index (χ0) is 16.0. The molecule has 0 saturated heterocycles. The van der Waals surface area contributed by atoms with Crippen LogP contribution in [-0.2, 0) is 15.3 Å². The predicted octanol–water partition coefficient (Wildman–Crippen LogP) is 0.916. The van der Waals surface area contributed by atoms with Gasteiger partial charge in [-0.1, -0.05) is 6.07 Å². The number of carboxylic acids is 1. The van der Waals surface area contributed by atoms with E-state index in [1.807, 2.05) is 6.92 Å². The Kier molecular flexibility index (Phi) is 6.23.